The van der Waals surface area contributed by atoms with Gasteiger partial charge in [0.1, 0.15) is 5.54 Å². The maximum Gasteiger partial charge on any atom is 0.407 e. The van der Waals surface area contributed by atoms with Gasteiger partial charge in [-0.3, -0.25) is 14.4 Å². The molecule has 0 radical (unpaired) electrons. The van der Waals surface area contributed by atoms with Crippen LogP contribution >= 0.6 is 0 Å². The van der Waals surface area contributed by atoms with Crippen LogP contribution in [0.25, 0.3) is 0 Å². The number of rotatable bonds is 7. The molecule has 5 atom stereocenters. The first-order valence-corrected chi connectivity index (χ1v) is 11.7. The van der Waals surface area contributed by atoms with E-state index < -0.39 is 29.7 Å². The largest absolute Gasteiger partial charge is 0.465 e. The number of methoxy groups -OCH3 is 1. The minimum atomic E-state index is -1.06. The van der Waals surface area contributed by atoms with Crippen molar-refractivity contribution in [1.82, 2.24) is 15.3 Å². The molecule has 0 bridgehead atoms. The highest BCUT2D eigenvalue weighted by Crippen LogP contribution is 2.53. The van der Waals surface area contributed by atoms with Gasteiger partial charge in [-0.2, -0.15) is 0 Å². The van der Waals surface area contributed by atoms with Crippen LogP contribution in [0.5, 0.6) is 0 Å². The maximum atomic E-state index is 13.5. The molecule has 180 valence electrons. The van der Waals surface area contributed by atoms with Gasteiger partial charge in [-0.15, -0.1) is 0 Å². The second-order valence-electron chi connectivity index (χ2n) is 9.25. The van der Waals surface area contributed by atoms with Crippen LogP contribution in [-0.2, 0) is 19.2 Å². The summed E-state index contributed by atoms with van der Waals surface area (Å²) in [5, 5.41) is 14.0. The van der Waals surface area contributed by atoms with Gasteiger partial charge in [0.05, 0.1) is 24.7 Å². The average molecular weight is 460 g/mol. The van der Waals surface area contributed by atoms with E-state index in [1.54, 1.807) is 6.92 Å². The lowest BCUT2D eigenvalue weighted by molar-refractivity contribution is -0.200. The fourth-order valence-corrected chi connectivity index (χ4v) is 5.31. The lowest BCUT2D eigenvalue weighted by atomic mass is 9.94. The molecule has 33 heavy (non-hydrogen) atoms. The Labute approximate surface area is 194 Å². The number of carboxylic acid groups (broad SMARTS) is 1. The Morgan fingerprint density at radius 3 is 2.58 bits per heavy atom. The monoisotopic (exact) mass is 459 g/mol. The van der Waals surface area contributed by atoms with Gasteiger partial charge in [-0.1, -0.05) is 37.3 Å². The van der Waals surface area contributed by atoms with E-state index in [-0.39, 0.29) is 17.7 Å². The number of hydrogen-bond acceptors (Lipinski definition) is 5. The van der Waals surface area contributed by atoms with Crippen LogP contribution in [0.1, 0.15) is 50.5 Å². The van der Waals surface area contributed by atoms with Gasteiger partial charge < -0.3 is 20.1 Å². The molecule has 1 aliphatic carbocycles. The Kier molecular flexibility index (Phi) is 6.90. The predicted molar refractivity (Wildman–Crippen MR) is 119 cm³/mol. The van der Waals surface area contributed by atoms with Crippen molar-refractivity contribution in [2.24, 2.45) is 5.92 Å². The Balaban J connectivity index is 1.54. The quantitative estimate of drug-likeness (QED) is 0.648. The number of benzene rings is 1. The molecule has 3 aliphatic rings. The van der Waals surface area contributed by atoms with Crippen LogP contribution in [0.15, 0.2) is 30.3 Å². The fourth-order valence-electron chi connectivity index (χ4n) is 5.31. The number of nitrogens with zero attached hydrogens (tertiary/aromatic N) is 2. The maximum absolute atomic E-state index is 13.5. The van der Waals surface area contributed by atoms with Gasteiger partial charge >= 0.3 is 6.09 Å². The summed E-state index contributed by atoms with van der Waals surface area (Å²) >= 11 is 0. The van der Waals surface area contributed by atoms with Crippen molar-refractivity contribution >= 4 is 17.9 Å². The molecule has 9 nitrogen and oxygen atoms in total. The summed E-state index contributed by atoms with van der Waals surface area (Å²) in [6.45, 7) is 3.15. The SMILES string of the molecule is CO[C@H]([C@@H](C)C(=O)N[C@@]1(C(=O)N2CCCCO2)C[C@@H]1c1ccccc1)[C@@H]1CCCN1C(=O)O. The van der Waals surface area contributed by atoms with Crippen molar-refractivity contribution in [2.45, 2.75) is 62.6 Å². The molecule has 2 N–H and O–H groups in total. The average Bonchev–Trinajstić information content (AvgIpc) is 3.35. The number of ether oxygens (including phenoxy) is 1. The second kappa shape index (κ2) is 9.69. The molecule has 9 heteroatoms. The van der Waals surface area contributed by atoms with Gasteiger partial charge in [-0.05, 0) is 37.7 Å². The molecule has 4 rings (SSSR count). The van der Waals surface area contributed by atoms with E-state index in [0.29, 0.717) is 32.5 Å². The third-order valence-corrected chi connectivity index (χ3v) is 7.22. The zero-order valence-corrected chi connectivity index (χ0v) is 19.2. The summed E-state index contributed by atoms with van der Waals surface area (Å²) in [6, 6.07) is 9.30. The lowest BCUT2D eigenvalue weighted by Crippen LogP contribution is -2.56. The van der Waals surface area contributed by atoms with Crippen molar-refractivity contribution in [2.75, 3.05) is 26.8 Å². The first-order chi connectivity index (χ1) is 15.9. The molecule has 1 aromatic carbocycles. The minimum Gasteiger partial charge on any atom is -0.465 e. The second-order valence-corrected chi connectivity index (χ2v) is 9.25. The Bertz CT molecular complexity index is 874. The molecule has 3 fully saturated rings. The Morgan fingerprint density at radius 2 is 1.94 bits per heavy atom. The van der Waals surface area contributed by atoms with E-state index in [9.17, 15) is 19.5 Å². The molecule has 2 aliphatic heterocycles. The zero-order chi connectivity index (χ0) is 23.6. The number of carbonyl (C=O) groups excluding carboxylic acids is 2. The molecule has 2 heterocycles. The third-order valence-electron chi connectivity index (χ3n) is 7.22. The molecule has 2 saturated heterocycles. The lowest BCUT2D eigenvalue weighted by Gasteiger charge is -2.34. The van der Waals surface area contributed by atoms with Crippen LogP contribution in [0.4, 0.5) is 4.79 Å². The van der Waals surface area contributed by atoms with Crippen LogP contribution in [-0.4, -0.2) is 77.5 Å². The number of hydroxylamine groups is 2. The van der Waals surface area contributed by atoms with Crippen molar-refractivity contribution < 1.29 is 29.1 Å². The molecule has 1 aromatic rings. The number of likely N-dealkylation sites (tertiary alicyclic amines) is 1. The van der Waals surface area contributed by atoms with Crippen molar-refractivity contribution in [1.29, 1.82) is 0 Å². The fraction of sp³-hybridized carbons (Fsp3) is 0.625. The first-order valence-electron chi connectivity index (χ1n) is 11.7. The van der Waals surface area contributed by atoms with Crippen molar-refractivity contribution in [3.05, 3.63) is 35.9 Å². The highest BCUT2D eigenvalue weighted by Gasteiger charge is 2.63. The topological polar surface area (TPSA) is 108 Å². The van der Waals surface area contributed by atoms with E-state index >= 15 is 0 Å². The van der Waals surface area contributed by atoms with E-state index in [1.165, 1.54) is 17.1 Å². The first kappa shape index (κ1) is 23.5. The molecular formula is C24H33N3O6. The van der Waals surface area contributed by atoms with E-state index in [1.807, 2.05) is 30.3 Å². The number of amides is 3. The normalized spacial score (nSPS) is 28.8. The van der Waals surface area contributed by atoms with Crippen LogP contribution < -0.4 is 5.32 Å². The molecule has 0 aromatic heterocycles. The highest BCUT2D eigenvalue weighted by molar-refractivity contribution is 5.96. The van der Waals surface area contributed by atoms with E-state index in [0.717, 1.165) is 24.8 Å². The van der Waals surface area contributed by atoms with E-state index in [4.69, 9.17) is 9.57 Å². The van der Waals surface area contributed by atoms with Gasteiger partial charge in [0, 0.05) is 26.1 Å². The number of hydrogen-bond donors (Lipinski definition) is 2. The summed E-state index contributed by atoms with van der Waals surface area (Å²) in [7, 11) is 1.50. The summed E-state index contributed by atoms with van der Waals surface area (Å²) < 4.78 is 5.63. The van der Waals surface area contributed by atoms with Gasteiger partial charge in [-0.25, -0.2) is 9.86 Å². The zero-order valence-electron chi connectivity index (χ0n) is 19.2. The summed E-state index contributed by atoms with van der Waals surface area (Å²) in [5.41, 5.74) is -0.0724. The molecule has 0 unspecified atom stereocenters. The van der Waals surface area contributed by atoms with Crippen LogP contribution in [0.2, 0.25) is 0 Å². The molecule has 1 saturated carbocycles. The van der Waals surface area contributed by atoms with Crippen molar-refractivity contribution in [3.63, 3.8) is 0 Å². The molecular weight excluding hydrogens is 426 g/mol. The Morgan fingerprint density at radius 1 is 1.18 bits per heavy atom. The summed E-state index contributed by atoms with van der Waals surface area (Å²) in [6.07, 6.45) is 2.02. The number of carbonyl (C=O) groups is 3. The standard InChI is InChI=1S/C24H33N3O6/c1-16(20(32-2)19-11-8-12-26(19)23(30)31)21(28)25-24(22(29)27-13-6-7-14-33-27)15-18(24)17-9-4-3-5-10-17/h3-5,9-10,16,18-20H,6-8,11-15H2,1-2H3,(H,25,28)(H,30,31)/t16-,18-,19+,20-,24+/m1/s1. The van der Waals surface area contributed by atoms with E-state index in [2.05, 4.69) is 5.32 Å². The van der Waals surface area contributed by atoms with Gasteiger partial charge in [0.15, 0.2) is 0 Å². The van der Waals surface area contributed by atoms with Crippen molar-refractivity contribution in [3.8, 4) is 0 Å². The molecule has 0 spiro atoms. The summed E-state index contributed by atoms with van der Waals surface area (Å²) in [5.74, 6) is -1.32. The third kappa shape index (κ3) is 4.56. The Hall–Kier alpha value is -2.65. The van der Waals surface area contributed by atoms with Gasteiger partial charge in [0.2, 0.25) is 5.91 Å². The van der Waals surface area contributed by atoms with Crippen LogP contribution in [0, 0.1) is 5.92 Å². The summed E-state index contributed by atoms with van der Waals surface area (Å²) in [4.78, 5) is 45.6. The predicted octanol–water partition coefficient (Wildman–Crippen LogP) is 2.38. The minimum absolute atomic E-state index is 0.143. The molecule has 3 amide bonds. The number of nitrogens with one attached hydrogen (secondary N) is 1. The van der Waals surface area contributed by atoms with Gasteiger partial charge in [0.25, 0.3) is 5.91 Å². The smallest absolute Gasteiger partial charge is 0.407 e. The highest BCUT2D eigenvalue weighted by atomic mass is 16.7. The van der Waals surface area contributed by atoms with Crippen LogP contribution in [0.3, 0.4) is 0 Å².